The van der Waals surface area contributed by atoms with E-state index in [0.717, 1.165) is 28.1 Å². The summed E-state index contributed by atoms with van der Waals surface area (Å²) in [5, 5.41) is 3.39. The number of H-pyrrole nitrogens is 1. The second-order valence-electron chi connectivity index (χ2n) is 6.73. The van der Waals surface area contributed by atoms with Gasteiger partial charge in [0, 0.05) is 35.3 Å². The number of rotatable bonds is 7. The van der Waals surface area contributed by atoms with Crippen molar-refractivity contribution in [1.82, 2.24) is 4.98 Å². The van der Waals surface area contributed by atoms with E-state index in [9.17, 15) is 4.79 Å². The van der Waals surface area contributed by atoms with Crippen LogP contribution in [0.25, 0.3) is 11.1 Å². The number of Topliss-reactive ketones (excluding diaryl/α,β-unsaturated/α-hetero) is 1. The molecule has 4 heteroatoms. The maximum Gasteiger partial charge on any atom is 0.191 e. The van der Waals surface area contributed by atoms with Gasteiger partial charge in [-0.05, 0) is 23.3 Å². The molecule has 0 spiro atoms. The SMILES string of the molecule is COc1cccc(NC(C(=O)c2c[nH]cc2-c2ccccc2)c2ccccc2)c1. The van der Waals surface area contributed by atoms with Gasteiger partial charge in [0.25, 0.3) is 0 Å². The van der Waals surface area contributed by atoms with Crippen molar-refractivity contribution < 1.29 is 9.53 Å². The van der Waals surface area contributed by atoms with Gasteiger partial charge >= 0.3 is 0 Å². The van der Waals surface area contributed by atoms with E-state index in [2.05, 4.69) is 10.3 Å². The number of methoxy groups -OCH3 is 1. The quantitative estimate of drug-likeness (QED) is 0.402. The number of aromatic nitrogens is 1. The highest BCUT2D eigenvalue weighted by Gasteiger charge is 2.25. The summed E-state index contributed by atoms with van der Waals surface area (Å²) in [7, 11) is 1.63. The van der Waals surface area contributed by atoms with Crippen LogP contribution in [0.1, 0.15) is 22.0 Å². The molecule has 2 N–H and O–H groups in total. The van der Waals surface area contributed by atoms with Crippen molar-refractivity contribution in [2.75, 3.05) is 12.4 Å². The molecule has 4 aromatic rings. The van der Waals surface area contributed by atoms with Crippen molar-refractivity contribution in [3.8, 4) is 16.9 Å². The highest BCUT2D eigenvalue weighted by Crippen LogP contribution is 2.30. The number of anilines is 1. The molecule has 4 nitrogen and oxygen atoms in total. The number of carbonyl (C=O) groups is 1. The van der Waals surface area contributed by atoms with Crippen molar-refractivity contribution in [3.63, 3.8) is 0 Å². The third-order valence-corrected chi connectivity index (χ3v) is 4.87. The van der Waals surface area contributed by atoms with E-state index in [4.69, 9.17) is 4.74 Å². The van der Waals surface area contributed by atoms with Crippen molar-refractivity contribution in [2.45, 2.75) is 6.04 Å². The van der Waals surface area contributed by atoms with Gasteiger partial charge in [0.05, 0.1) is 7.11 Å². The fraction of sp³-hybridized carbons (Fsp3) is 0.0800. The molecular weight excluding hydrogens is 360 g/mol. The standard InChI is InChI=1S/C25H22N2O2/c1-29-21-14-8-13-20(15-21)27-24(19-11-6-3-7-12-19)25(28)23-17-26-16-22(23)18-9-4-2-5-10-18/h2-17,24,26-27H,1H3. The molecule has 0 saturated heterocycles. The van der Waals surface area contributed by atoms with Crippen LogP contribution < -0.4 is 10.1 Å². The lowest BCUT2D eigenvalue weighted by atomic mass is 9.94. The van der Waals surface area contributed by atoms with Crippen molar-refractivity contribution >= 4 is 11.5 Å². The molecular formula is C25H22N2O2. The van der Waals surface area contributed by atoms with Gasteiger partial charge in [0.15, 0.2) is 5.78 Å². The fourth-order valence-corrected chi connectivity index (χ4v) is 3.41. The largest absolute Gasteiger partial charge is 0.497 e. The monoisotopic (exact) mass is 382 g/mol. The van der Waals surface area contributed by atoms with Gasteiger partial charge in [-0.1, -0.05) is 66.7 Å². The summed E-state index contributed by atoms with van der Waals surface area (Å²) >= 11 is 0. The van der Waals surface area contributed by atoms with E-state index in [1.165, 1.54) is 0 Å². The maximum absolute atomic E-state index is 13.6. The van der Waals surface area contributed by atoms with E-state index < -0.39 is 6.04 Å². The number of hydrogen-bond donors (Lipinski definition) is 2. The summed E-state index contributed by atoms with van der Waals surface area (Å²) in [6.07, 6.45) is 3.64. The van der Waals surface area contributed by atoms with Gasteiger partial charge in [-0.2, -0.15) is 0 Å². The molecule has 0 radical (unpaired) electrons. The Labute approximate surface area is 170 Å². The van der Waals surface area contributed by atoms with Gasteiger partial charge < -0.3 is 15.0 Å². The molecule has 29 heavy (non-hydrogen) atoms. The molecule has 1 heterocycles. The lowest BCUT2D eigenvalue weighted by Gasteiger charge is -2.20. The van der Waals surface area contributed by atoms with E-state index in [0.29, 0.717) is 5.56 Å². The average molecular weight is 382 g/mol. The van der Waals surface area contributed by atoms with E-state index >= 15 is 0 Å². The predicted molar refractivity (Wildman–Crippen MR) is 116 cm³/mol. The van der Waals surface area contributed by atoms with Crippen LogP contribution in [0, 0.1) is 0 Å². The first-order chi connectivity index (χ1) is 14.3. The van der Waals surface area contributed by atoms with Crippen LogP contribution in [-0.4, -0.2) is 17.9 Å². The Morgan fingerprint density at radius 3 is 2.34 bits per heavy atom. The number of carbonyl (C=O) groups excluding carboxylic acids is 1. The summed E-state index contributed by atoms with van der Waals surface area (Å²) in [5.74, 6) is 0.736. The number of ether oxygens (including phenoxy) is 1. The van der Waals surface area contributed by atoms with Gasteiger partial charge in [0.1, 0.15) is 11.8 Å². The zero-order valence-corrected chi connectivity index (χ0v) is 16.1. The number of hydrogen-bond acceptors (Lipinski definition) is 3. The maximum atomic E-state index is 13.6. The average Bonchev–Trinajstić information content (AvgIpc) is 3.28. The van der Waals surface area contributed by atoms with Gasteiger partial charge in [-0.3, -0.25) is 4.79 Å². The van der Waals surface area contributed by atoms with E-state index in [-0.39, 0.29) is 5.78 Å². The first-order valence-electron chi connectivity index (χ1n) is 9.48. The van der Waals surface area contributed by atoms with Crippen molar-refractivity contribution in [1.29, 1.82) is 0 Å². The minimum atomic E-state index is -0.526. The third kappa shape index (κ3) is 4.06. The summed E-state index contributed by atoms with van der Waals surface area (Å²) in [5.41, 5.74) is 4.28. The summed E-state index contributed by atoms with van der Waals surface area (Å²) in [6.45, 7) is 0. The molecule has 0 saturated carbocycles. The number of ketones is 1. The Morgan fingerprint density at radius 1 is 0.897 bits per heavy atom. The van der Waals surface area contributed by atoms with Crippen LogP contribution >= 0.6 is 0 Å². The summed E-state index contributed by atoms with van der Waals surface area (Å²) in [6, 6.07) is 26.8. The molecule has 1 atom stereocenters. The smallest absolute Gasteiger partial charge is 0.191 e. The Morgan fingerprint density at radius 2 is 1.62 bits per heavy atom. The molecule has 0 bridgehead atoms. The minimum absolute atomic E-state index is 0.000812. The molecule has 3 aromatic carbocycles. The topological polar surface area (TPSA) is 54.1 Å². The number of aromatic amines is 1. The molecule has 144 valence electrons. The van der Waals surface area contributed by atoms with E-state index in [1.807, 2.05) is 91.1 Å². The van der Waals surface area contributed by atoms with Crippen LogP contribution in [0.15, 0.2) is 97.3 Å². The zero-order chi connectivity index (χ0) is 20.1. The normalized spacial score (nSPS) is 11.6. The number of benzene rings is 3. The molecule has 0 aliphatic heterocycles. The lowest BCUT2D eigenvalue weighted by molar-refractivity contribution is 0.0970. The molecule has 0 amide bonds. The molecule has 4 rings (SSSR count). The lowest BCUT2D eigenvalue weighted by Crippen LogP contribution is -2.21. The Bertz CT molecular complexity index is 1090. The van der Waals surface area contributed by atoms with Crippen molar-refractivity contribution in [3.05, 3.63) is 108 Å². The number of nitrogens with one attached hydrogen (secondary N) is 2. The third-order valence-electron chi connectivity index (χ3n) is 4.87. The first kappa shape index (κ1) is 18.6. The highest BCUT2D eigenvalue weighted by atomic mass is 16.5. The fourth-order valence-electron chi connectivity index (χ4n) is 3.41. The van der Waals surface area contributed by atoms with Crippen LogP contribution in [0.2, 0.25) is 0 Å². The summed E-state index contributed by atoms with van der Waals surface area (Å²) in [4.78, 5) is 16.7. The Hall–Kier alpha value is -3.79. The van der Waals surface area contributed by atoms with Crippen molar-refractivity contribution in [2.24, 2.45) is 0 Å². The molecule has 0 aliphatic rings. The first-order valence-corrected chi connectivity index (χ1v) is 9.48. The highest BCUT2D eigenvalue weighted by molar-refractivity contribution is 6.07. The second-order valence-corrected chi connectivity index (χ2v) is 6.73. The van der Waals surface area contributed by atoms with E-state index in [1.54, 1.807) is 13.3 Å². The van der Waals surface area contributed by atoms with Gasteiger partial charge in [-0.15, -0.1) is 0 Å². The van der Waals surface area contributed by atoms with Gasteiger partial charge in [0.2, 0.25) is 0 Å². The molecule has 1 unspecified atom stereocenters. The van der Waals surface area contributed by atoms with Crippen LogP contribution in [-0.2, 0) is 0 Å². The zero-order valence-electron chi connectivity index (χ0n) is 16.1. The second kappa shape index (κ2) is 8.48. The van der Waals surface area contributed by atoms with Crippen LogP contribution in [0.4, 0.5) is 5.69 Å². The van der Waals surface area contributed by atoms with Crippen LogP contribution in [0.5, 0.6) is 5.75 Å². The molecule has 0 fully saturated rings. The van der Waals surface area contributed by atoms with Crippen LogP contribution in [0.3, 0.4) is 0 Å². The Kier molecular flexibility index (Phi) is 5.43. The van der Waals surface area contributed by atoms with Gasteiger partial charge in [-0.25, -0.2) is 0 Å². The Balaban J connectivity index is 1.72. The summed E-state index contributed by atoms with van der Waals surface area (Å²) < 4.78 is 5.32. The molecule has 1 aromatic heterocycles. The minimum Gasteiger partial charge on any atom is -0.497 e. The predicted octanol–water partition coefficient (Wildman–Crippen LogP) is 5.73. The molecule has 0 aliphatic carbocycles.